The van der Waals surface area contributed by atoms with Gasteiger partial charge in [0.25, 0.3) is 0 Å². The number of carbonyl (C=O) groups excluding carboxylic acids is 1. The Labute approximate surface area is 116 Å². The SMILES string of the molecule is CCC1(C)NC(CC(C)C)N(C2CCOCC2)C1=O. The molecule has 19 heavy (non-hydrogen) atoms. The first-order chi connectivity index (χ1) is 8.98. The molecule has 0 spiro atoms. The van der Waals surface area contributed by atoms with Crippen LogP contribution in [0.25, 0.3) is 0 Å². The van der Waals surface area contributed by atoms with Crippen LogP contribution in [0.5, 0.6) is 0 Å². The van der Waals surface area contributed by atoms with Crippen LogP contribution in [0.3, 0.4) is 0 Å². The number of hydrogen-bond donors (Lipinski definition) is 1. The summed E-state index contributed by atoms with van der Waals surface area (Å²) in [6, 6.07) is 0.353. The lowest BCUT2D eigenvalue weighted by Crippen LogP contribution is -2.47. The van der Waals surface area contributed by atoms with Crippen molar-refractivity contribution in [3.63, 3.8) is 0 Å². The summed E-state index contributed by atoms with van der Waals surface area (Å²) in [6.45, 7) is 10.1. The topological polar surface area (TPSA) is 41.6 Å². The van der Waals surface area contributed by atoms with Crippen LogP contribution in [-0.4, -0.2) is 41.8 Å². The Balaban J connectivity index is 2.17. The van der Waals surface area contributed by atoms with Crippen molar-refractivity contribution in [2.24, 2.45) is 5.92 Å². The molecule has 1 N–H and O–H groups in total. The monoisotopic (exact) mass is 268 g/mol. The van der Waals surface area contributed by atoms with Crippen LogP contribution in [0.2, 0.25) is 0 Å². The maximum atomic E-state index is 12.8. The first-order valence-electron chi connectivity index (χ1n) is 7.66. The van der Waals surface area contributed by atoms with Crippen molar-refractivity contribution in [1.29, 1.82) is 0 Å². The Hall–Kier alpha value is -0.610. The molecule has 2 fully saturated rings. The number of amides is 1. The van der Waals surface area contributed by atoms with Crippen molar-refractivity contribution < 1.29 is 9.53 Å². The molecule has 0 bridgehead atoms. The first-order valence-corrected chi connectivity index (χ1v) is 7.66. The van der Waals surface area contributed by atoms with E-state index >= 15 is 0 Å². The molecule has 4 nitrogen and oxygen atoms in total. The average Bonchev–Trinajstić information content (AvgIpc) is 2.62. The normalized spacial score (nSPS) is 33.4. The smallest absolute Gasteiger partial charge is 0.244 e. The zero-order chi connectivity index (χ0) is 14.0. The fraction of sp³-hybridized carbons (Fsp3) is 0.933. The molecule has 2 saturated heterocycles. The lowest BCUT2D eigenvalue weighted by molar-refractivity contribution is -0.137. The number of nitrogens with one attached hydrogen (secondary N) is 1. The molecule has 4 heteroatoms. The van der Waals surface area contributed by atoms with Gasteiger partial charge in [-0.05, 0) is 38.5 Å². The molecule has 1 amide bonds. The molecule has 0 aromatic carbocycles. The minimum Gasteiger partial charge on any atom is -0.381 e. The molecule has 2 heterocycles. The van der Waals surface area contributed by atoms with E-state index in [4.69, 9.17) is 4.74 Å². The molecule has 2 aliphatic heterocycles. The average molecular weight is 268 g/mol. The highest BCUT2D eigenvalue weighted by Gasteiger charge is 2.49. The molecular formula is C15H28N2O2. The summed E-state index contributed by atoms with van der Waals surface area (Å²) in [4.78, 5) is 14.9. The fourth-order valence-corrected chi connectivity index (χ4v) is 3.18. The third kappa shape index (κ3) is 2.95. The van der Waals surface area contributed by atoms with Crippen molar-refractivity contribution in [2.75, 3.05) is 13.2 Å². The van der Waals surface area contributed by atoms with Crippen LogP contribution in [0.1, 0.15) is 53.4 Å². The van der Waals surface area contributed by atoms with E-state index < -0.39 is 0 Å². The number of hydrogen-bond acceptors (Lipinski definition) is 3. The summed E-state index contributed by atoms with van der Waals surface area (Å²) < 4.78 is 5.43. The van der Waals surface area contributed by atoms with Gasteiger partial charge < -0.3 is 9.64 Å². The van der Waals surface area contributed by atoms with Gasteiger partial charge in [-0.1, -0.05) is 20.8 Å². The second-order valence-corrected chi connectivity index (χ2v) is 6.53. The van der Waals surface area contributed by atoms with E-state index in [0.29, 0.717) is 12.0 Å². The predicted octanol–water partition coefficient (Wildman–Crippen LogP) is 2.14. The second-order valence-electron chi connectivity index (χ2n) is 6.53. The standard InChI is InChI=1S/C15H28N2O2/c1-5-15(4)14(18)17(12-6-8-19-9-7-12)13(16-15)10-11(2)3/h11-13,16H,5-10H2,1-4H3. The number of carbonyl (C=O) groups is 1. The van der Waals surface area contributed by atoms with Gasteiger partial charge >= 0.3 is 0 Å². The Morgan fingerprint density at radius 3 is 2.58 bits per heavy atom. The second kappa shape index (κ2) is 5.80. The Morgan fingerprint density at radius 2 is 2.05 bits per heavy atom. The van der Waals surface area contributed by atoms with Gasteiger partial charge in [-0.15, -0.1) is 0 Å². The quantitative estimate of drug-likeness (QED) is 0.849. The minimum atomic E-state index is -0.377. The van der Waals surface area contributed by atoms with Gasteiger partial charge in [0.2, 0.25) is 5.91 Å². The maximum absolute atomic E-state index is 12.8. The summed E-state index contributed by atoms with van der Waals surface area (Å²) >= 11 is 0. The lowest BCUT2D eigenvalue weighted by Gasteiger charge is -2.35. The molecule has 2 rings (SSSR count). The summed E-state index contributed by atoms with van der Waals surface area (Å²) in [5.74, 6) is 0.874. The highest BCUT2D eigenvalue weighted by Crippen LogP contribution is 2.31. The molecule has 2 aliphatic rings. The summed E-state index contributed by atoms with van der Waals surface area (Å²) in [7, 11) is 0. The highest BCUT2D eigenvalue weighted by molar-refractivity contribution is 5.88. The molecule has 0 saturated carbocycles. The van der Waals surface area contributed by atoms with Crippen molar-refractivity contribution in [2.45, 2.75) is 71.1 Å². The Kier molecular flexibility index (Phi) is 4.51. The zero-order valence-corrected chi connectivity index (χ0v) is 12.7. The molecule has 0 aliphatic carbocycles. The molecule has 110 valence electrons. The van der Waals surface area contributed by atoms with Crippen LogP contribution in [0, 0.1) is 5.92 Å². The molecule has 2 atom stereocenters. The maximum Gasteiger partial charge on any atom is 0.244 e. The number of nitrogens with zero attached hydrogens (tertiary/aromatic N) is 1. The third-order valence-corrected chi connectivity index (χ3v) is 4.51. The number of ether oxygens (including phenoxy) is 1. The van der Waals surface area contributed by atoms with Crippen molar-refractivity contribution >= 4 is 5.91 Å². The van der Waals surface area contributed by atoms with E-state index in [1.165, 1.54) is 0 Å². The predicted molar refractivity (Wildman–Crippen MR) is 75.8 cm³/mol. The summed E-state index contributed by atoms with van der Waals surface area (Å²) in [6.07, 6.45) is 4.02. The van der Waals surface area contributed by atoms with E-state index in [1.54, 1.807) is 0 Å². The highest BCUT2D eigenvalue weighted by atomic mass is 16.5. The largest absolute Gasteiger partial charge is 0.381 e. The summed E-state index contributed by atoms with van der Waals surface area (Å²) in [5, 5.41) is 3.58. The minimum absolute atomic E-state index is 0.195. The molecule has 0 aromatic heterocycles. The third-order valence-electron chi connectivity index (χ3n) is 4.51. The molecule has 0 aromatic rings. The van der Waals surface area contributed by atoms with Gasteiger partial charge in [0.05, 0.1) is 11.7 Å². The first kappa shape index (κ1) is 14.8. The Morgan fingerprint density at radius 1 is 1.42 bits per heavy atom. The van der Waals surface area contributed by atoms with Crippen LogP contribution < -0.4 is 5.32 Å². The summed E-state index contributed by atoms with van der Waals surface area (Å²) in [5.41, 5.74) is -0.377. The van der Waals surface area contributed by atoms with Crippen LogP contribution in [-0.2, 0) is 9.53 Å². The van der Waals surface area contributed by atoms with Crippen LogP contribution in [0.4, 0.5) is 0 Å². The van der Waals surface area contributed by atoms with Crippen molar-refractivity contribution in [1.82, 2.24) is 10.2 Å². The molecule has 2 unspecified atom stereocenters. The molecular weight excluding hydrogens is 240 g/mol. The zero-order valence-electron chi connectivity index (χ0n) is 12.7. The Bertz CT molecular complexity index is 326. The van der Waals surface area contributed by atoms with Crippen LogP contribution in [0.15, 0.2) is 0 Å². The van der Waals surface area contributed by atoms with Crippen LogP contribution >= 0.6 is 0 Å². The van der Waals surface area contributed by atoms with Crippen molar-refractivity contribution in [3.8, 4) is 0 Å². The molecule has 0 radical (unpaired) electrons. The number of rotatable bonds is 4. The van der Waals surface area contributed by atoms with E-state index in [1.807, 2.05) is 6.92 Å². The van der Waals surface area contributed by atoms with E-state index in [9.17, 15) is 4.79 Å². The van der Waals surface area contributed by atoms with E-state index in [-0.39, 0.29) is 17.6 Å². The van der Waals surface area contributed by atoms with Gasteiger partial charge in [-0.2, -0.15) is 0 Å². The van der Waals surface area contributed by atoms with Gasteiger partial charge in [-0.25, -0.2) is 0 Å². The van der Waals surface area contributed by atoms with Gasteiger partial charge in [0, 0.05) is 19.3 Å². The lowest BCUT2D eigenvalue weighted by atomic mass is 9.98. The van der Waals surface area contributed by atoms with Crippen molar-refractivity contribution in [3.05, 3.63) is 0 Å². The van der Waals surface area contributed by atoms with E-state index in [2.05, 4.69) is 31.0 Å². The fourth-order valence-electron chi connectivity index (χ4n) is 3.18. The van der Waals surface area contributed by atoms with Gasteiger partial charge in [-0.3, -0.25) is 10.1 Å². The van der Waals surface area contributed by atoms with E-state index in [0.717, 1.165) is 38.9 Å². The van der Waals surface area contributed by atoms with Gasteiger partial charge in [0.15, 0.2) is 0 Å². The van der Waals surface area contributed by atoms with Gasteiger partial charge in [0.1, 0.15) is 0 Å².